The van der Waals surface area contributed by atoms with Gasteiger partial charge in [0.1, 0.15) is 5.15 Å². The van der Waals surface area contributed by atoms with Gasteiger partial charge in [-0.25, -0.2) is 9.18 Å². The first kappa shape index (κ1) is 20.8. The lowest BCUT2D eigenvalue weighted by molar-refractivity contribution is 0.0696. The average Bonchev–Trinajstić information content (AvgIpc) is 3.29. The summed E-state index contributed by atoms with van der Waals surface area (Å²) in [5, 5.41) is 14.4. The van der Waals surface area contributed by atoms with Crippen LogP contribution in [0.1, 0.15) is 30.2 Å². The molecule has 0 fully saturated rings. The summed E-state index contributed by atoms with van der Waals surface area (Å²) >= 11 is 14.1. The number of hydrogen-bond acceptors (Lipinski definition) is 3. The van der Waals surface area contributed by atoms with E-state index < -0.39 is 11.8 Å². The quantitative estimate of drug-likeness (QED) is 0.357. The monoisotopic (exact) mass is 463 g/mol. The Morgan fingerprint density at radius 2 is 2.00 bits per heavy atom. The summed E-state index contributed by atoms with van der Waals surface area (Å²) in [6.07, 6.45) is 3.40. The molecule has 2 aromatic heterocycles. The lowest BCUT2D eigenvalue weighted by Gasteiger charge is -2.06. The molecule has 0 radical (unpaired) electrons. The van der Waals surface area contributed by atoms with Gasteiger partial charge in [-0.1, -0.05) is 41.0 Å². The number of nitrogens with zero attached hydrogens (tertiary/aromatic N) is 3. The van der Waals surface area contributed by atoms with E-state index in [4.69, 9.17) is 23.2 Å². The normalized spacial score (nSPS) is 11.5. The van der Waals surface area contributed by atoms with E-state index >= 15 is 4.39 Å². The van der Waals surface area contributed by atoms with E-state index in [9.17, 15) is 9.90 Å². The Balaban J connectivity index is 1.93. The predicted octanol–water partition coefficient (Wildman–Crippen LogP) is 6.70. The van der Waals surface area contributed by atoms with Crippen LogP contribution in [-0.2, 0) is 0 Å². The molecule has 1 N–H and O–H groups in total. The molecular weight excluding hydrogens is 448 g/mol. The SMILES string of the molecule is CC(C)n1cc(-n2c(Cl)c(Sc3cccc(C(=O)O)c3)c3ccc(Cl)c(F)c32)cn1. The number of fused-ring (bicyclic) bond motifs is 1. The molecule has 0 spiro atoms. The summed E-state index contributed by atoms with van der Waals surface area (Å²) in [6, 6.07) is 9.81. The van der Waals surface area contributed by atoms with Crippen molar-refractivity contribution in [3.8, 4) is 5.69 Å². The molecule has 0 atom stereocenters. The molecule has 0 aliphatic rings. The number of carbonyl (C=O) groups is 1. The molecule has 2 heterocycles. The van der Waals surface area contributed by atoms with E-state index in [2.05, 4.69) is 5.10 Å². The summed E-state index contributed by atoms with van der Waals surface area (Å²) in [4.78, 5) is 12.6. The van der Waals surface area contributed by atoms with Crippen molar-refractivity contribution in [1.29, 1.82) is 0 Å². The van der Waals surface area contributed by atoms with Crippen LogP contribution in [-0.4, -0.2) is 25.4 Å². The molecule has 0 aliphatic heterocycles. The van der Waals surface area contributed by atoms with Crippen LogP contribution in [0.5, 0.6) is 0 Å². The zero-order valence-corrected chi connectivity index (χ0v) is 18.3. The Morgan fingerprint density at radius 3 is 2.67 bits per heavy atom. The molecule has 4 aromatic rings. The van der Waals surface area contributed by atoms with Gasteiger partial charge < -0.3 is 5.11 Å². The second-order valence-electron chi connectivity index (χ2n) is 6.92. The first-order valence-electron chi connectivity index (χ1n) is 9.01. The first-order chi connectivity index (χ1) is 14.3. The molecule has 0 bridgehead atoms. The highest BCUT2D eigenvalue weighted by molar-refractivity contribution is 7.99. The summed E-state index contributed by atoms with van der Waals surface area (Å²) < 4.78 is 18.4. The summed E-state index contributed by atoms with van der Waals surface area (Å²) in [7, 11) is 0. The number of rotatable bonds is 5. The van der Waals surface area contributed by atoms with Crippen LogP contribution in [0.3, 0.4) is 0 Å². The Hall–Kier alpha value is -2.48. The predicted molar refractivity (Wildman–Crippen MR) is 117 cm³/mol. The van der Waals surface area contributed by atoms with Gasteiger partial charge in [0.15, 0.2) is 5.82 Å². The molecule has 0 aliphatic carbocycles. The number of carboxylic acids is 1. The van der Waals surface area contributed by atoms with E-state index in [-0.39, 0.29) is 22.1 Å². The van der Waals surface area contributed by atoms with Crippen LogP contribution in [0.15, 0.2) is 58.6 Å². The topological polar surface area (TPSA) is 60.0 Å². The Bertz CT molecular complexity index is 1280. The van der Waals surface area contributed by atoms with Crippen LogP contribution >= 0.6 is 35.0 Å². The molecule has 0 saturated heterocycles. The fourth-order valence-electron chi connectivity index (χ4n) is 3.13. The van der Waals surface area contributed by atoms with Crippen LogP contribution in [0.4, 0.5) is 4.39 Å². The molecule has 9 heteroatoms. The van der Waals surface area contributed by atoms with Crippen molar-refractivity contribution in [3.63, 3.8) is 0 Å². The number of aromatic nitrogens is 3. The van der Waals surface area contributed by atoms with Gasteiger partial charge in [-0.15, -0.1) is 0 Å². The zero-order valence-electron chi connectivity index (χ0n) is 15.9. The van der Waals surface area contributed by atoms with E-state index in [1.165, 1.54) is 23.9 Å². The van der Waals surface area contributed by atoms with Crippen molar-refractivity contribution in [1.82, 2.24) is 14.3 Å². The minimum Gasteiger partial charge on any atom is -0.478 e. The third kappa shape index (κ3) is 3.57. The van der Waals surface area contributed by atoms with Gasteiger partial charge in [0, 0.05) is 22.5 Å². The Labute approximate surface area is 186 Å². The van der Waals surface area contributed by atoms with E-state index in [0.29, 0.717) is 26.0 Å². The molecule has 2 aromatic carbocycles. The summed E-state index contributed by atoms with van der Waals surface area (Å²) in [5.74, 6) is -1.61. The van der Waals surface area contributed by atoms with Crippen molar-refractivity contribution < 1.29 is 14.3 Å². The first-order valence-corrected chi connectivity index (χ1v) is 10.6. The maximum absolute atomic E-state index is 15.1. The van der Waals surface area contributed by atoms with Crippen LogP contribution < -0.4 is 0 Å². The molecule has 5 nitrogen and oxygen atoms in total. The molecule has 30 heavy (non-hydrogen) atoms. The van der Waals surface area contributed by atoms with Crippen molar-refractivity contribution >= 4 is 51.8 Å². The second-order valence-corrected chi connectivity index (χ2v) is 8.77. The molecule has 0 amide bonds. The smallest absolute Gasteiger partial charge is 0.335 e. The van der Waals surface area contributed by atoms with Crippen molar-refractivity contribution in [3.05, 3.63) is 70.3 Å². The molecule has 0 unspecified atom stereocenters. The summed E-state index contributed by atoms with van der Waals surface area (Å²) in [6.45, 7) is 3.97. The van der Waals surface area contributed by atoms with E-state index in [1.54, 1.807) is 45.9 Å². The van der Waals surface area contributed by atoms with Crippen molar-refractivity contribution in [2.75, 3.05) is 0 Å². The largest absolute Gasteiger partial charge is 0.478 e. The molecule has 154 valence electrons. The molecule has 0 saturated carbocycles. The number of aromatic carboxylic acids is 1. The third-order valence-electron chi connectivity index (χ3n) is 4.60. The highest BCUT2D eigenvalue weighted by Crippen LogP contribution is 2.44. The Kier molecular flexibility index (Phi) is 5.53. The summed E-state index contributed by atoms with van der Waals surface area (Å²) in [5.41, 5.74) is 1.01. The van der Waals surface area contributed by atoms with E-state index in [1.807, 2.05) is 13.8 Å². The van der Waals surface area contributed by atoms with Gasteiger partial charge in [-0.2, -0.15) is 5.10 Å². The maximum atomic E-state index is 15.1. The van der Waals surface area contributed by atoms with Crippen LogP contribution in [0, 0.1) is 5.82 Å². The van der Waals surface area contributed by atoms with Gasteiger partial charge in [0.25, 0.3) is 0 Å². The number of benzene rings is 2. The van der Waals surface area contributed by atoms with Gasteiger partial charge in [-0.3, -0.25) is 9.25 Å². The Morgan fingerprint density at radius 1 is 1.23 bits per heavy atom. The second kappa shape index (κ2) is 7.98. The lowest BCUT2D eigenvalue weighted by Crippen LogP contribution is -2.00. The molecular formula is C21H16Cl2FN3O2S. The lowest BCUT2D eigenvalue weighted by atomic mass is 10.2. The van der Waals surface area contributed by atoms with Gasteiger partial charge in [0.2, 0.25) is 0 Å². The van der Waals surface area contributed by atoms with Gasteiger partial charge >= 0.3 is 5.97 Å². The van der Waals surface area contributed by atoms with Crippen LogP contribution in [0.2, 0.25) is 10.2 Å². The fourth-order valence-corrected chi connectivity index (χ4v) is 4.70. The highest BCUT2D eigenvalue weighted by Gasteiger charge is 2.23. The minimum atomic E-state index is -1.02. The maximum Gasteiger partial charge on any atom is 0.335 e. The minimum absolute atomic E-state index is 0.0152. The van der Waals surface area contributed by atoms with Gasteiger partial charge in [-0.05, 0) is 44.2 Å². The van der Waals surface area contributed by atoms with Crippen LogP contribution in [0.25, 0.3) is 16.6 Å². The third-order valence-corrected chi connectivity index (χ3v) is 6.47. The zero-order chi connectivity index (χ0) is 21.6. The highest BCUT2D eigenvalue weighted by atomic mass is 35.5. The number of halogens is 3. The van der Waals surface area contributed by atoms with Crippen molar-refractivity contribution in [2.45, 2.75) is 29.7 Å². The number of hydrogen-bond donors (Lipinski definition) is 1. The molecule has 4 rings (SSSR count). The van der Waals surface area contributed by atoms with Crippen molar-refractivity contribution in [2.24, 2.45) is 0 Å². The standard InChI is InChI=1S/C21H16Cl2FN3O2S/c1-11(2)26-10-13(9-25-26)27-18-15(6-7-16(22)17(18)24)19(20(27)23)30-14-5-3-4-12(8-14)21(28)29/h3-11H,1-2H3,(H,28,29). The fraction of sp³-hybridized carbons (Fsp3) is 0.143. The number of carboxylic acid groups (broad SMARTS) is 1. The average molecular weight is 464 g/mol. The van der Waals surface area contributed by atoms with Gasteiger partial charge in [0.05, 0.1) is 32.9 Å². The van der Waals surface area contributed by atoms with E-state index in [0.717, 1.165) is 0 Å².